The molecular formula is C27H39F2NO2. The average Bonchev–Trinajstić information content (AvgIpc) is 2.81. The van der Waals surface area contributed by atoms with Gasteiger partial charge in [0, 0.05) is 11.5 Å². The molecule has 178 valence electrons. The summed E-state index contributed by atoms with van der Waals surface area (Å²) in [7, 11) is 0. The molecule has 5 heteroatoms. The quantitative estimate of drug-likeness (QED) is 0.325. The third-order valence-corrected chi connectivity index (χ3v) is 7.40. The molecule has 0 amide bonds. The zero-order chi connectivity index (χ0) is 22.8. The molecule has 1 saturated carbocycles. The van der Waals surface area contributed by atoms with Crippen LogP contribution in [0, 0.1) is 40.7 Å². The molecule has 1 aromatic rings. The van der Waals surface area contributed by atoms with Gasteiger partial charge in [-0.2, -0.15) is 5.26 Å². The molecule has 3 rings (SSSR count). The highest BCUT2D eigenvalue weighted by Crippen LogP contribution is 2.39. The van der Waals surface area contributed by atoms with Gasteiger partial charge in [-0.05, 0) is 36.8 Å². The first kappa shape index (κ1) is 25.1. The minimum Gasteiger partial charge on any atom is -0.348 e. The van der Waals surface area contributed by atoms with Crippen LogP contribution in [0.25, 0.3) is 0 Å². The summed E-state index contributed by atoms with van der Waals surface area (Å²) >= 11 is 0. The Morgan fingerprint density at radius 2 is 1.41 bits per heavy atom. The Bertz CT molecular complexity index is 709. The van der Waals surface area contributed by atoms with Crippen LogP contribution in [-0.2, 0) is 9.47 Å². The SMILES string of the molecule is CCCCCCCCCCC1CCC(C2COC(c3cc(F)c(C#N)c(F)c3)OC2)CC1. The lowest BCUT2D eigenvalue weighted by Gasteiger charge is -2.38. The minimum absolute atomic E-state index is 0.298. The van der Waals surface area contributed by atoms with Crippen LogP contribution in [0.1, 0.15) is 108 Å². The molecule has 2 aliphatic rings. The molecule has 2 fully saturated rings. The molecular weight excluding hydrogens is 408 g/mol. The van der Waals surface area contributed by atoms with Gasteiger partial charge in [0.2, 0.25) is 0 Å². The lowest BCUT2D eigenvalue weighted by molar-refractivity contribution is -0.215. The standard InChI is InChI=1S/C27H39F2NO2/c1-2-3-4-5-6-7-8-9-10-20-11-13-21(14-12-20)23-18-31-27(32-19-23)22-15-25(28)24(17-30)26(29)16-22/h15-16,20-21,23,27H,2-14,18-19H2,1H3. The molecule has 0 unspecified atom stereocenters. The van der Waals surface area contributed by atoms with E-state index in [9.17, 15) is 8.78 Å². The number of nitriles is 1. The van der Waals surface area contributed by atoms with Crippen molar-refractivity contribution in [1.82, 2.24) is 0 Å². The largest absolute Gasteiger partial charge is 0.348 e. The van der Waals surface area contributed by atoms with Crippen LogP contribution in [0.3, 0.4) is 0 Å². The zero-order valence-corrected chi connectivity index (χ0v) is 19.6. The molecule has 0 spiro atoms. The summed E-state index contributed by atoms with van der Waals surface area (Å²) in [6.45, 7) is 3.38. The zero-order valence-electron chi connectivity index (χ0n) is 19.6. The van der Waals surface area contributed by atoms with Crippen LogP contribution in [-0.4, -0.2) is 13.2 Å². The van der Waals surface area contributed by atoms with Crippen molar-refractivity contribution in [2.75, 3.05) is 13.2 Å². The number of halogens is 2. The van der Waals surface area contributed by atoms with Crippen molar-refractivity contribution in [2.45, 2.75) is 96.7 Å². The maximum absolute atomic E-state index is 13.9. The summed E-state index contributed by atoms with van der Waals surface area (Å²) < 4.78 is 39.4. The fraction of sp³-hybridized carbons (Fsp3) is 0.741. The van der Waals surface area contributed by atoms with Gasteiger partial charge in [-0.1, -0.05) is 77.6 Å². The Hall–Kier alpha value is -1.51. The molecule has 1 aliphatic heterocycles. The Morgan fingerprint density at radius 3 is 1.97 bits per heavy atom. The molecule has 0 atom stereocenters. The summed E-state index contributed by atoms with van der Waals surface area (Å²) in [6, 6.07) is 3.83. The smallest absolute Gasteiger partial charge is 0.184 e. The first-order valence-electron chi connectivity index (χ1n) is 12.7. The number of unbranched alkanes of at least 4 members (excludes halogenated alkanes) is 7. The summed E-state index contributed by atoms with van der Waals surface area (Å²) in [5.41, 5.74) is -0.266. The van der Waals surface area contributed by atoms with Gasteiger partial charge in [-0.25, -0.2) is 8.78 Å². The first-order chi connectivity index (χ1) is 15.6. The molecule has 0 aromatic heterocycles. The first-order valence-corrected chi connectivity index (χ1v) is 12.7. The van der Waals surface area contributed by atoms with Gasteiger partial charge in [0.1, 0.15) is 23.3 Å². The Balaban J connectivity index is 1.32. The maximum Gasteiger partial charge on any atom is 0.184 e. The summed E-state index contributed by atoms with van der Waals surface area (Å²) in [5.74, 6) is 0.0935. The van der Waals surface area contributed by atoms with E-state index in [1.807, 2.05) is 0 Å². The Kier molecular flexibility index (Phi) is 10.4. The number of rotatable bonds is 11. The summed E-state index contributed by atoms with van der Waals surface area (Å²) in [6.07, 6.45) is 16.7. The van der Waals surface area contributed by atoms with Gasteiger partial charge < -0.3 is 9.47 Å². The molecule has 1 heterocycles. The van der Waals surface area contributed by atoms with E-state index >= 15 is 0 Å². The maximum atomic E-state index is 13.9. The van der Waals surface area contributed by atoms with Gasteiger partial charge in [0.25, 0.3) is 0 Å². The summed E-state index contributed by atoms with van der Waals surface area (Å²) in [4.78, 5) is 0. The Morgan fingerprint density at radius 1 is 0.844 bits per heavy atom. The molecule has 1 saturated heterocycles. The van der Waals surface area contributed by atoms with Gasteiger partial charge in [-0.15, -0.1) is 0 Å². The van der Waals surface area contributed by atoms with E-state index in [0.29, 0.717) is 30.6 Å². The van der Waals surface area contributed by atoms with E-state index < -0.39 is 23.5 Å². The summed E-state index contributed by atoms with van der Waals surface area (Å²) in [5, 5.41) is 8.81. The van der Waals surface area contributed by atoms with Gasteiger partial charge in [0.05, 0.1) is 13.2 Å². The molecule has 3 nitrogen and oxygen atoms in total. The van der Waals surface area contributed by atoms with Crippen LogP contribution in [0.15, 0.2) is 12.1 Å². The van der Waals surface area contributed by atoms with Gasteiger partial charge in [0.15, 0.2) is 6.29 Å². The van der Waals surface area contributed by atoms with Crippen LogP contribution in [0.4, 0.5) is 8.78 Å². The predicted molar refractivity (Wildman–Crippen MR) is 122 cm³/mol. The highest BCUT2D eigenvalue weighted by Gasteiger charge is 2.32. The number of hydrogen-bond acceptors (Lipinski definition) is 3. The van der Waals surface area contributed by atoms with E-state index in [4.69, 9.17) is 14.7 Å². The van der Waals surface area contributed by atoms with Crippen molar-refractivity contribution in [3.05, 3.63) is 34.9 Å². The second-order valence-electron chi connectivity index (χ2n) is 9.77. The lowest BCUT2D eigenvalue weighted by Crippen LogP contribution is -2.34. The van der Waals surface area contributed by atoms with Crippen molar-refractivity contribution in [3.8, 4) is 6.07 Å². The van der Waals surface area contributed by atoms with E-state index in [1.54, 1.807) is 6.07 Å². The van der Waals surface area contributed by atoms with E-state index in [-0.39, 0.29) is 0 Å². The number of hydrogen-bond donors (Lipinski definition) is 0. The van der Waals surface area contributed by atoms with Gasteiger partial charge in [-0.3, -0.25) is 0 Å². The fourth-order valence-electron chi connectivity index (χ4n) is 5.33. The predicted octanol–water partition coefficient (Wildman–Crippen LogP) is 7.84. The topological polar surface area (TPSA) is 42.2 Å². The van der Waals surface area contributed by atoms with Crippen molar-refractivity contribution < 1.29 is 18.3 Å². The lowest BCUT2D eigenvalue weighted by atomic mass is 9.74. The molecule has 1 aromatic carbocycles. The van der Waals surface area contributed by atoms with E-state index in [2.05, 4.69) is 6.92 Å². The van der Waals surface area contributed by atoms with E-state index in [0.717, 1.165) is 18.1 Å². The van der Waals surface area contributed by atoms with Crippen LogP contribution in [0.5, 0.6) is 0 Å². The molecule has 1 aliphatic carbocycles. The van der Waals surface area contributed by atoms with E-state index in [1.165, 1.54) is 83.5 Å². The number of ether oxygens (including phenoxy) is 2. The highest BCUT2D eigenvalue weighted by atomic mass is 19.1. The molecule has 0 N–H and O–H groups in total. The average molecular weight is 448 g/mol. The van der Waals surface area contributed by atoms with Crippen LogP contribution >= 0.6 is 0 Å². The highest BCUT2D eigenvalue weighted by molar-refractivity contribution is 5.35. The van der Waals surface area contributed by atoms with Crippen molar-refractivity contribution in [3.63, 3.8) is 0 Å². The third kappa shape index (κ3) is 7.25. The molecule has 0 radical (unpaired) electrons. The van der Waals surface area contributed by atoms with Gasteiger partial charge >= 0.3 is 0 Å². The monoisotopic (exact) mass is 447 g/mol. The second-order valence-corrected chi connectivity index (χ2v) is 9.77. The van der Waals surface area contributed by atoms with Crippen molar-refractivity contribution in [1.29, 1.82) is 5.26 Å². The van der Waals surface area contributed by atoms with Crippen molar-refractivity contribution >= 4 is 0 Å². The second kappa shape index (κ2) is 13.3. The number of nitrogens with zero attached hydrogens (tertiary/aromatic N) is 1. The third-order valence-electron chi connectivity index (χ3n) is 7.40. The number of benzene rings is 1. The Labute approximate surface area is 192 Å². The van der Waals surface area contributed by atoms with Crippen LogP contribution in [0.2, 0.25) is 0 Å². The van der Waals surface area contributed by atoms with Crippen molar-refractivity contribution in [2.24, 2.45) is 17.8 Å². The minimum atomic E-state index is -0.869. The van der Waals surface area contributed by atoms with Crippen LogP contribution < -0.4 is 0 Å². The molecule has 32 heavy (non-hydrogen) atoms. The normalized spacial score (nSPS) is 26.1. The molecule has 0 bridgehead atoms. The fourth-order valence-corrected chi connectivity index (χ4v) is 5.33.